The molecule has 1 aromatic heterocycles. The van der Waals surface area contributed by atoms with Crippen LogP contribution in [0.4, 0.5) is 11.5 Å². The van der Waals surface area contributed by atoms with Gasteiger partial charge in [0.1, 0.15) is 5.82 Å². The summed E-state index contributed by atoms with van der Waals surface area (Å²) in [5, 5.41) is 17.4. The molecule has 4 bridgehead atoms. The van der Waals surface area contributed by atoms with Gasteiger partial charge in [-0.2, -0.15) is 0 Å². The number of hydrogen-bond donors (Lipinski definition) is 3. The summed E-state index contributed by atoms with van der Waals surface area (Å²) in [6, 6.07) is 11.8. The second-order valence-corrected chi connectivity index (χ2v) is 9.57. The third-order valence-corrected chi connectivity index (χ3v) is 7.03. The molecule has 2 atom stereocenters. The van der Waals surface area contributed by atoms with Gasteiger partial charge in [-0.3, -0.25) is 4.79 Å². The second-order valence-electron chi connectivity index (χ2n) is 9.57. The average molecular weight is 392 g/mol. The first kappa shape index (κ1) is 18.6. The lowest BCUT2D eigenvalue weighted by Gasteiger charge is -2.58. The van der Waals surface area contributed by atoms with Crippen LogP contribution in [-0.4, -0.2) is 27.6 Å². The Bertz CT molecular complexity index is 921. The van der Waals surface area contributed by atoms with E-state index in [1.165, 1.54) is 0 Å². The molecule has 0 saturated heterocycles. The highest BCUT2D eigenvalue weighted by Crippen LogP contribution is 2.55. The standard InChI is InChI=1S/C24H29N3O2/c1-14-6-15(2)25-21(7-14)26-20-5-3-4-17(10-20)23(28)27-22-18-8-16-9-19(22)13-24(29,11-16)12-18/h3-7,10,16,18-19,22,29H,8-9,11-13H2,1-2H3,(H,25,26)(H,27,28). The van der Waals surface area contributed by atoms with Crippen molar-refractivity contribution in [3.63, 3.8) is 0 Å². The van der Waals surface area contributed by atoms with E-state index >= 15 is 0 Å². The van der Waals surface area contributed by atoms with Crippen molar-refractivity contribution in [1.82, 2.24) is 10.3 Å². The number of amides is 1. The Labute approximate surface area is 171 Å². The Hall–Kier alpha value is -2.40. The summed E-state index contributed by atoms with van der Waals surface area (Å²) in [6.07, 6.45) is 4.92. The summed E-state index contributed by atoms with van der Waals surface area (Å²) >= 11 is 0. The number of pyridine rings is 1. The van der Waals surface area contributed by atoms with Gasteiger partial charge in [0.05, 0.1) is 5.60 Å². The summed E-state index contributed by atoms with van der Waals surface area (Å²) in [4.78, 5) is 17.5. The van der Waals surface area contributed by atoms with E-state index in [0.717, 1.165) is 54.9 Å². The minimum absolute atomic E-state index is 0.0218. The molecule has 3 N–H and O–H groups in total. The molecule has 0 aliphatic heterocycles. The number of nitrogens with zero attached hydrogens (tertiary/aromatic N) is 1. The first-order valence-electron chi connectivity index (χ1n) is 10.7. The molecule has 29 heavy (non-hydrogen) atoms. The fourth-order valence-electron chi connectivity index (χ4n) is 6.24. The van der Waals surface area contributed by atoms with Gasteiger partial charge in [-0.25, -0.2) is 4.98 Å². The van der Waals surface area contributed by atoms with Crippen molar-refractivity contribution in [2.75, 3.05) is 5.32 Å². The molecule has 1 amide bonds. The first-order chi connectivity index (χ1) is 13.9. The van der Waals surface area contributed by atoms with E-state index < -0.39 is 5.60 Å². The van der Waals surface area contributed by atoms with Crippen LogP contribution in [-0.2, 0) is 0 Å². The minimum atomic E-state index is -0.472. The van der Waals surface area contributed by atoms with Gasteiger partial charge in [-0.1, -0.05) is 6.07 Å². The van der Waals surface area contributed by atoms with Crippen LogP contribution in [0.15, 0.2) is 36.4 Å². The van der Waals surface area contributed by atoms with Crippen molar-refractivity contribution in [2.45, 2.75) is 57.6 Å². The highest BCUT2D eigenvalue weighted by molar-refractivity contribution is 5.95. The SMILES string of the molecule is Cc1cc(C)nc(Nc2cccc(C(=O)NC3C4CC5CC3CC(O)(C5)C4)c2)c1. The molecule has 0 spiro atoms. The average Bonchev–Trinajstić information content (AvgIpc) is 2.62. The Morgan fingerprint density at radius 3 is 2.55 bits per heavy atom. The summed E-state index contributed by atoms with van der Waals surface area (Å²) in [6.45, 7) is 4.02. The lowest BCUT2D eigenvalue weighted by Crippen LogP contribution is -2.61. The normalized spacial score (nSPS) is 32.2. The highest BCUT2D eigenvalue weighted by atomic mass is 16.3. The summed E-state index contributed by atoms with van der Waals surface area (Å²) in [5.74, 6) is 2.23. The predicted octanol–water partition coefficient (Wildman–Crippen LogP) is 4.11. The molecule has 2 aromatic rings. The number of aryl methyl sites for hydroxylation is 2. The Balaban J connectivity index is 1.30. The van der Waals surface area contributed by atoms with Crippen LogP contribution >= 0.6 is 0 Å². The quantitative estimate of drug-likeness (QED) is 0.733. The molecule has 4 fully saturated rings. The van der Waals surface area contributed by atoms with E-state index in [2.05, 4.69) is 15.6 Å². The monoisotopic (exact) mass is 391 g/mol. The molecular formula is C24H29N3O2. The molecule has 5 nitrogen and oxygen atoms in total. The number of benzene rings is 1. The number of anilines is 2. The zero-order chi connectivity index (χ0) is 20.2. The molecular weight excluding hydrogens is 362 g/mol. The molecule has 4 aliphatic rings. The van der Waals surface area contributed by atoms with Gasteiger partial charge >= 0.3 is 0 Å². The summed E-state index contributed by atoms with van der Waals surface area (Å²) < 4.78 is 0. The zero-order valence-electron chi connectivity index (χ0n) is 17.1. The van der Waals surface area contributed by atoms with E-state index in [-0.39, 0.29) is 11.9 Å². The lowest BCUT2D eigenvalue weighted by molar-refractivity contribution is -0.136. The smallest absolute Gasteiger partial charge is 0.251 e. The lowest BCUT2D eigenvalue weighted by atomic mass is 9.52. The molecule has 2 unspecified atom stereocenters. The summed E-state index contributed by atoms with van der Waals surface area (Å²) in [5.41, 5.74) is 3.16. The Morgan fingerprint density at radius 1 is 1.10 bits per heavy atom. The number of rotatable bonds is 4. The van der Waals surface area contributed by atoms with Gasteiger partial charge in [-0.15, -0.1) is 0 Å². The van der Waals surface area contributed by atoms with Gasteiger partial charge < -0.3 is 15.7 Å². The van der Waals surface area contributed by atoms with Gasteiger partial charge in [0.15, 0.2) is 0 Å². The number of aliphatic hydroxyl groups is 1. The van der Waals surface area contributed by atoms with E-state index in [9.17, 15) is 9.90 Å². The van der Waals surface area contributed by atoms with Crippen molar-refractivity contribution in [3.05, 3.63) is 53.2 Å². The van der Waals surface area contributed by atoms with Gasteiger partial charge in [-0.05, 0) is 99.6 Å². The van der Waals surface area contributed by atoms with Gasteiger partial charge in [0.25, 0.3) is 5.91 Å². The number of hydrogen-bond acceptors (Lipinski definition) is 4. The molecule has 4 saturated carbocycles. The van der Waals surface area contributed by atoms with E-state index in [1.807, 2.05) is 50.2 Å². The van der Waals surface area contributed by atoms with Crippen LogP contribution in [0.2, 0.25) is 0 Å². The molecule has 5 heteroatoms. The van der Waals surface area contributed by atoms with Crippen molar-refractivity contribution in [2.24, 2.45) is 17.8 Å². The minimum Gasteiger partial charge on any atom is -0.390 e. The molecule has 1 aromatic carbocycles. The number of nitrogens with one attached hydrogen (secondary N) is 2. The third-order valence-electron chi connectivity index (χ3n) is 7.03. The maximum atomic E-state index is 13.0. The van der Waals surface area contributed by atoms with Crippen LogP contribution in [0.25, 0.3) is 0 Å². The number of carbonyl (C=O) groups is 1. The van der Waals surface area contributed by atoms with Crippen molar-refractivity contribution in [1.29, 1.82) is 0 Å². The molecule has 152 valence electrons. The largest absolute Gasteiger partial charge is 0.390 e. The topological polar surface area (TPSA) is 74.2 Å². The van der Waals surface area contributed by atoms with E-state index in [0.29, 0.717) is 23.3 Å². The summed E-state index contributed by atoms with van der Waals surface area (Å²) in [7, 11) is 0. The number of carbonyl (C=O) groups excluding carboxylic acids is 1. The van der Waals surface area contributed by atoms with Crippen LogP contribution in [0, 0.1) is 31.6 Å². The zero-order valence-corrected chi connectivity index (χ0v) is 17.1. The van der Waals surface area contributed by atoms with Crippen LogP contribution in [0.5, 0.6) is 0 Å². The first-order valence-corrected chi connectivity index (χ1v) is 10.7. The fraction of sp³-hybridized carbons (Fsp3) is 0.500. The second kappa shape index (κ2) is 6.84. The highest BCUT2D eigenvalue weighted by Gasteiger charge is 2.55. The van der Waals surface area contributed by atoms with E-state index in [1.54, 1.807) is 0 Å². The number of aromatic nitrogens is 1. The van der Waals surface area contributed by atoms with Gasteiger partial charge in [0.2, 0.25) is 0 Å². The molecule has 4 aliphatic carbocycles. The maximum Gasteiger partial charge on any atom is 0.251 e. The molecule has 1 heterocycles. The van der Waals surface area contributed by atoms with Gasteiger partial charge in [0, 0.05) is 23.0 Å². The van der Waals surface area contributed by atoms with Crippen LogP contribution in [0.1, 0.15) is 53.7 Å². The predicted molar refractivity (Wildman–Crippen MR) is 113 cm³/mol. The van der Waals surface area contributed by atoms with Crippen molar-refractivity contribution >= 4 is 17.4 Å². The van der Waals surface area contributed by atoms with Crippen LogP contribution < -0.4 is 10.6 Å². The van der Waals surface area contributed by atoms with Crippen molar-refractivity contribution in [3.8, 4) is 0 Å². The molecule has 0 radical (unpaired) electrons. The Morgan fingerprint density at radius 2 is 1.86 bits per heavy atom. The van der Waals surface area contributed by atoms with E-state index in [4.69, 9.17) is 0 Å². The van der Waals surface area contributed by atoms with Crippen molar-refractivity contribution < 1.29 is 9.90 Å². The Kier molecular flexibility index (Phi) is 4.39. The maximum absolute atomic E-state index is 13.0. The fourth-order valence-corrected chi connectivity index (χ4v) is 6.24. The third kappa shape index (κ3) is 3.64. The molecule has 6 rings (SSSR count). The van der Waals surface area contributed by atoms with Crippen LogP contribution in [0.3, 0.4) is 0 Å².